The summed E-state index contributed by atoms with van der Waals surface area (Å²) >= 11 is 10.8. The number of rotatable bonds is 2. The number of halogens is 2. The highest BCUT2D eigenvalue weighted by atomic mass is 35.5. The van der Waals surface area contributed by atoms with Crippen molar-refractivity contribution < 1.29 is 4.39 Å². The predicted molar refractivity (Wildman–Crippen MR) is 69.2 cm³/mol. The molecule has 88 valence electrons. The molecule has 0 saturated heterocycles. The Balaban J connectivity index is 2.62. The van der Waals surface area contributed by atoms with Crippen molar-refractivity contribution in [2.75, 3.05) is 0 Å². The molecular formula is C11H9ClFN3S. The van der Waals surface area contributed by atoms with Crippen LogP contribution in [0.25, 0.3) is 5.69 Å². The summed E-state index contributed by atoms with van der Waals surface area (Å²) in [5.41, 5.74) is 7.28. The van der Waals surface area contributed by atoms with Crippen LogP contribution in [0.15, 0.2) is 24.4 Å². The van der Waals surface area contributed by atoms with E-state index in [0.29, 0.717) is 22.0 Å². The van der Waals surface area contributed by atoms with Crippen LogP contribution in [-0.4, -0.2) is 14.8 Å². The van der Waals surface area contributed by atoms with E-state index < -0.39 is 5.82 Å². The first-order valence-corrected chi connectivity index (χ1v) is 5.59. The quantitative estimate of drug-likeness (QED) is 0.853. The van der Waals surface area contributed by atoms with E-state index in [9.17, 15) is 4.39 Å². The number of nitrogens with two attached hydrogens (primary N) is 1. The fourth-order valence-corrected chi connectivity index (χ4v) is 1.76. The summed E-state index contributed by atoms with van der Waals surface area (Å²) in [6.45, 7) is 1.78. The highest BCUT2D eigenvalue weighted by Gasteiger charge is 2.11. The van der Waals surface area contributed by atoms with Gasteiger partial charge in [0.05, 0.1) is 16.4 Å². The monoisotopic (exact) mass is 269 g/mol. The molecule has 2 rings (SSSR count). The molecule has 6 heteroatoms. The third-order valence-corrected chi connectivity index (χ3v) is 2.90. The molecule has 0 fully saturated rings. The molecule has 0 atom stereocenters. The van der Waals surface area contributed by atoms with E-state index in [0.717, 1.165) is 0 Å². The van der Waals surface area contributed by atoms with Crippen molar-refractivity contribution in [3.8, 4) is 5.69 Å². The molecule has 0 radical (unpaired) electrons. The molecule has 0 saturated carbocycles. The van der Waals surface area contributed by atoms with Gasteiger partial charge >= 0.3 is 0 Å². The van der Waals surface area contributed by atoms with Gasteiger partial charge in [-0.05, 0) is 25.1 Å². The standard InChI is InChI=1S/C11H9ClFN3S/c1-6-9(12)5-16(15-6)10-3-2-7(13)4-8(10)11(14)17/h2-5H,1H3,(H2,14,17). The topological polar surface area (TPSA) is 43.8 Å². The molecule has 3 nitrogen and oxygen atoms in total. The zero-order chi connectivity index (χ0) is 12.6. The van der Waals surface area contributed by atoms with Crippen molar-refractivity contribution in [1.29, 1.82) is 0 Å². The second-order valence-electron chi connectivity index (χ2n) is 3.53. The lowest BCUT2D eigenvalue weighted by atomic mass is 10.1. The average Bonchev–Trinajstić information content (AvgIpc) is 2.59. The number of hydrogen-bond acceptors (Lipinski definition) is 2. The summed E-state index contributed by atoms with van der Waals surface area (Å²) in [4.78, 5) is 0.115. The highest BCUT2D eigenvalue weighted by Crippen LogP contribution is 2.20. The molecule has 2 N–H and O–H groups in total. The Labute approximate surface area is 108 Å². The van der Waals surface area contributed by atoms with Crippen molar-refractivity contribution in [1.82, 2.24) is 9.78 Å². The fourth-order valence-electron chi connectivity index (χ4n) is 1.47. The largest absolute Gasteiger partial charge is 0.389 e. The Bertz CT molecular complexity index is 575. The zero-order valence-corrected chi connectivity index (χ0v) is 10.5. The summed E-state index contributed by atoms with van der Waals surface area (Å²) in [7, 11) is 0. The molecule has 0 aliphatic rings. The summed E-state index contributed by atoms with van der Waals surface area (Å²) in [5.74, 6) is -0.397. The molecule has 1 aromatic heterocycles. The van der Waals surface area contributed by atoms with Gasteiger partial charge in [0.25, 0.3) is 0 Å². The maximum atomic E-state index is 13.1. The summed E-state index contributed by atoms with van der Waals surface area (Å²) < 4.78 is 14.7. The molecule has 0 aliphatic carbocycles. The molecule has 0 unspecified atom stereocenters. The maximum absolute atomic E-state index is 13.1. The van der Waals surface area contributed by atoms with Crippen LogP contribution in [0.5, 0.6) is 0 Å². The number of aryl methyl sites for hydroxylation is 1. The lowest BCUT2D eigenvalue weighted by Gasteiger charge is -2.08. The van der Waals surface area contributed by atoms with E-state index in [-0.39, 0.29) is 4.99 Å². The van der Waals surface area contributed by atoms with Gasteiger partial charge in [-0.15, -0.1) is 0 Å². The molecule has 0 bridgehead atoms. The first-order chi connectivity index (χ1) is 7.99. The zero-order valence-electron chi connectivity index (χ0n) is 8.95. The van der Waals surface area contributed by atoms with Crippen LogP contribution in [0, 0.1) is 12.7 Å². The number of nitrogens with zero attached hydrogens (tertiary/aromatic N) is 2. The van der Waals surface area contributed by atoms with Crippen LogP contribution in [-0.2, 0) is 0 Å². The van der Waals surface area contributed by atoms with Gasteiger partial charge in [-0.1, -0.05) is 23.8 Å². The van der Waals surface area contributed by atoms with E-state index in [4.69, 9.17) is 29.6 Å². The van der Waals surface area contributed by atoms with E-state index >= 15 is 0 Å². The van der Waals surface area contributed by atoms with Gasteiger partial charge in [0.15, 0.2) is 0 Å². The summed E-state index contributed by atoms with van der Waals surface area (Å²) in [6.07, 6.45) is 1.63. The van der Waals surface area contributed by atoms with Gasteiger partial charge in [-0.3, -0.25) is 0 Å². The minimum Gasteiger partial charge on any atom is -0.389 e. The van der Waals surface area contributed by atoms with Crippen molar-refractivity contribution in [3.63, 3.8) is 0 Å². The van der Waals surface area contributed by atoms with Crippen LogP contribution in [0.3, 0.4) is 0 Å². The lowest BCUT2D eigenvalue weighted by molar-refractivity contribution is 0.626. The number of aromatic nitrogens is 2. The molecule has 0 aliphatic heterocycles. The lowest BCUT2D eigenvalue weighted by Crippen LogP contribution is -2.14. The molecule has 2 aromatic rings. The van der Waals surface area contributed by atoms with Crippen LogP contribution in [0.2, 0.25) is 5.02 Å². The average molecular weight is 270 g/mol. The SMILES string of the molecule is Cc1nn(-c2ccc(F)cc2C(N)=S)cc1Cl. The van der Waals surface area contributed by atoms with E-state index in [1.807, 2.05) is 0 Å². The van der Waals surface area contributed by atoms with Crippen molar-refractivity contribution in [2.45, 2.75) is 6.92 Å². The van der Waals surface area contributed by atoms with Gasteiger partial charge in [-0.2, -0.15) is 5.10 Å². The summed E-state index contributed by atoms with van der Waals surface area (Å²) in [5, 5.41) is 4.73. The Morgan fingerprint density at radius 2 is 2.24 bits per heavy atom. The molecule has 0 amide bonds. The van der Waals surface area contributed by atoms with E-state index in [1.54, 1.807) is 19.2 Å². The van der Waals surface area contributed by atoms with Crippen molar-refractivity contribution in [3.05, 3.63) is 46.5 Å². The predicted octanol–water partition coefficient (Wildman–Crippen LogP) is 2.61. The third kappa shape index (κ3) is 2.30. The number of thiocarbonyl (C=S) groups is 1. The van der Waals surface area contributed by atoms with Crippen LogP contribution >= 0.6 is 23.8 Å². The van der Waals surface area contributed by atoms with Gasteiger partial charge in [0, 0.05) is 11.8 Å². The highest BCUT2D eigenvalue weighted by molar-refractivity contribution is 7.80. The minimum atomic E-state index is -0.397. The number of hydrogen-bond donors (Lipinski definition) is 1. The number of benzene rings is 1. The normalized spacial score (nSPS) is 10.5. The van der Waals surface area contributed by atoms with E-state index in [2.05, 4.69) is 5.10 Å². The first-order valence-electron chi connectivity index (χ1n) is 4.80. The molecule has 17 heavy (non-hydrogen) atoms. The minimum absolute atomic E-state index is 0.115. The molecule has 0 spiro atoms. The van der Waals surface area contributed by atoms with Crippen molar-refractivity contribution in [2.24, 2.45) is 5.73 Å². The maximum Gasteiger partial charge on any atom is 0.124 e. The molecule has 1 aromatic carbocycles. The smallest absolute Gasteiger partial charge is 0.124 e. The Morgan fingerprint density at radius 3 is 2.76 bits per heavy atom. The van der Waals surface area contributed by atoms with Gasteiger partial charge in [0.2, 0.25) is 0 Å². The second-order valence-corrected chi connectivity index (χ2v) is 4.38. The fraction of sp³-hybridized carbons (Fsp3) is 0.0909. The van der Waals surface area contributed by atoms with Gasteiger partial charge in [0.1, 0.15) is 10.8 Å². The van der Waals surface area contributed by atoms with Crippen LogP contribution in [0.4, 0.5) is 4.39 Å². The van der Waals surface area contributed by atoms with Crippen LogP contribution in [0.1, 0.15) is 11.3 Å². The van der Waals surface area contributed by atoms with Gasteiger partial charge < -0.3 is 5.73 Å². The van der Waals surface area contributed by atoms with Gasteiger partial charge in [-0.25, -0.2) is 9.07 Å². The Morgan fingerprint density at radius 1 is 1.53 bits per heavy atom. The Kier molecular flexibility index (Phi) is 3.13. The molecule has 1 heterocycles. The van der Waals surface area contributed by atoms with Crippen molar-refractivity contribution >= 4 is 28.8 Å². The second kappa shape index (κ2) is 4.43. The molecular weight excluding hydrogens is 261 g/mol. The van der Waals surface area contributed by atoms with Crippen LogP contribution < -0.4 is 5.73 Å². The summed E-state index contributed by atoms with van der Waals surface area (Å²) in [6, 6.07) is 4.16. The third-order valence-electron chi connectivity index (χ3n) is 2.31. The Hall–Kier alpha value is -1.46. The van der Waals surface area contributed by atoms with E-state index in [1.165, 1.54) is 16.8 Å². The first kappa shape index (κ1) is 12.0.